The van der Waals surface area contributed by atoms with E-state index in [4.69, 9.17) is 4.74 Å². The quantitative estimate of drug-likeness (QED) is 0.792. The average Bonchev–Trinajstić information content (AvgIpc) is 2.62. The van der Waals surface area contributed by atoms with Crippen LogP contribution < -0.4 is 0 Å². The van der Waals surface area contributed by atoms with E-state index in [0.29, 0.717) is 18.0 Å². The van der Waals surface area contributed by atoms with Crippen LogP contribution in [0.25, 0.3) is 5.57 Å². The van der Waals surface area contributed by atoms with Gasteiger partial charge in [0, 0.05) is 12.6 Å². The van der Waals surface area contributed by atoms with Crippen LogP contribution in [0.3, 0.4) is 0 Å². The molecular formula is C23H27NO. The highest BCUT2D eigenvalue weighted by molar-refractivity contribution is 5.70. The summed E-state index contributed by atoms with van der Waals surface area (Å²) in [6, 6.07) is 20.6. The van der Waals surface area contributed by atoms with E-state index in [1.165, 1.54) is 22.3 Å². The van der Waals surface area contributed by atoms with Crippen molar-refractivity contribution in [2.24, 2.45) is 0 Å². The largest absolute Gasteiger partial charge is 0.378 e. The number of benzene rings is 2. The molecule has 0 radical (unpaired) electrons. The fraction of sp³-hybridized carbons (Fsp3) is 0.391. The van der Waals surface area contributed by atoms with Crippen LogP contribution in [0.5, 0.6) is 0 Å². The van der Waals surface area contributed by atoms with Gasteiger partial charge in [-0.15, -0.1) is 0 Å². The summed E-state index contributed by atoms with van der Waals surface area (Å²) < 4.78 is 5.88. The molecule has 2 aromatic carbocycles. The van der Waals surface area contributed by atoms with Gasteiger partial charge in [0.25, 0.3) is 0 Å². The normalized spacial score (nSPS) is 23.6. The first-order chi connectivity index (χ1) is 12.2. The minimum Gasteiger partial charge on any atom is -0.378 e. The van der Waals surface area contributed by atoms with Crippen molar-refractivity contribution in [3.63, 3.8) is 0 Å². The van der Waals surface area contributed by atoms with Gasteiger partial charge in [-0.25, -0.2) is 0 Å². The van der Waals surface area contributed by atoms with E-state index < -0.39 is 0 Å². The molecule has 25 heavy (non-hydrogen) atoms. The third-order valence-corrected chi connectivity index (χ3v) is 5.48. The Balaban J connectivity index is 1.64. The summed E-state index contributed by atoms with van der Waals surface area (Å²) in [7, 11) is 0. The van der Waals surface area contributed by atoms with Crippen molar-refractivity contribution >= 4 is 5.57 Å². The zero-order valence-corrected chi connectivity index (χ0v) is 15.2. The summed E-state index contributed by atoms with van der Waals surface area (Å²) in [5, 5.41) is 0. The van der Waals surface area contributed by atoms with Crippen LogP contribution in [-0.4, -0.2) is 30.2 Å². The van der Waals surface area contributed by atoms with E-state index in [-0.39, 0.29) is 0 Å². The maximum absolute atomic E-state index is 5.88. The molecule has 130 valence electrons. The fourth-order valence-electron chi connectivity index (χ4n) is 4.19. The van der Waals surface area contributed by atoms with Crippen LogP contribution in [0, 0.1) is 0 Å². The van der Waals surface area contributed by atoms with Crippen molar-refractivity contribution in [3.05, 3.63) is 77.4 Å². The second-order valence-electron chi connectivity index (χ2n) is 7.55. The summed E-state index contributed by atoms with van der Waals surface area (Å²) in [5.41, 5.74) is 5.80. The Morgan fingerprint density at radius 3 is 2.52 bits per heavy atom. The first-order valence-electron chi connectivity index (χ1n) is 9.40. The minimum absolute atomic E-state index is 0.378. The molecule has 2 nitrogen and oxygen atoms in total. The van der Waals surface area contributed by atoms with Gasteiger partial charge in [-0.3, -0.25) is 4.90 Å². The number of rotatable bonds is 4. The van der Waals surface area contributed by atoms with Crippen molar-refractivity contribution in [1.29, 1.82) is 0 Å². The molecule has 2 unspecified atom stereocenters. The zero-order valence-electron chi connectivity index (χ0n) is 15.2. The molecule has 1 saturated heterocycles. The van der Waals surface area contributed by atoms with Crippen LogP contribution in [0.1, 0.15) is 42.9 Å². The molecule has 2 aliphatic rings. The van der Waals surface area contributed by atoms with Crippen LogP contribution in [0.2, 0.25) is 0 Å². The molecule has 0 saturated carbocycles. The zero-order chi connectivity index (χ0) is 17.2. The Morgan fingerprint density at radius 2 is 1.76 bits per heavy atom. The van der Waals surface area contributed by atoms with Crippen LogP contribution in [0.4, 0.5) is 0 Å². The van der Waals surface area contributed by atoms with Gasteiger partial charge in [-0.05, 0) is 34.6 Å². The molecule has 2 heteroatoms. The molecule has 2 atom stereocenters. The molecule has 0 spiro atoms. The van der Waals surface area contributed by atoms with Crippen LogP contribution in [-0.2, 0) is 11.3 Å². The molecule has 2 aliphatic heterocycles. The van der Waals surface area contributed by atoms with Gasteiger partial charge in [-0.1, -0.05) is 74.5 Å². The van der Waals surface area contributed by atoms with Crippen molar-refractivity contribution in [2.45, 2.75) is 44.8 Å². The molecule has 2 heterocycles. The lowest BCUT2D eigenvalue weighted by Crippen LogP contribution is -2.53. The predicted molar refractivity (Wildman–Crippen MR) is 104 cm³/mol. The Kier molecular flexibility index (Phi) is 4.74. The fourth-order valence-corrected chi connectivity index (χ4v) is 4.19. The Hall–Kier alpha value is -1.90. The third kappa shape index (κ3) is 3.42. The monoisotopic (exact) mass is 333 g/mol. The topological polar surface area (TPSA) is 12.5 Å². The van der Waals surface area contributed by atoms with Crippen molar-refractivity contribution in [1.82, 2.24) is 4.90 Å². The van der Waals surface area contributed by atoms with Crippen LogP contribution >= 0.6 is 0 Å². The van der Waals surface area contributed by atoms with Crippen molar-refractivity contribution in [2.75, 3.05) is 13.2 Å². The molecule has 0 aromatic heterocycles. The maximum atomic E-state index is 5.88. The molecule has 2 bridgehead atoms. The van der Waals surface area contributed by atoms with Gasteiger partial charge in [0.2, 0.25) is 0 Å². The lowest BCUT2D eigenvalue weighted by Gasteiger charge is -2.45. The van der Waals surface area contributed by atoms with E-state index in [0.717, 1.165) is 26.2 Å². The summed E-state index contributed by atoms with van der Waals surface area (Å²) in [6.07, 6.45) is 3.53. The smallest absolute Gasteiger partial charge is 0.0658 e. The second kappa shape index (κ2) is 7.15. The highest BCUT2D eigenvalue weighted by Gasteiger charge is 2.35. The SMILES string of the molecule is CC(C)c1ccccc1C1=CC2COCC(C1)N2Cc1ccccc1. The first-order valence-corrected chi connectivity index (χ1v) is 9.40. The Morgan fingerprint density at radius 1 is 1.00 bits per heavy atom. The highest BCUT2D eigenvalue weighted by Crippen LogP contribution is 2.36. The standard InChI is InChI=1S/C23H27NO/c1-17(2)22-10-6-7-11-23(22)19-12-20-15-25-16-21(13-19)24(20)14-18-8-4-3-5-9-18/h3-12,17,20-21H,13-16H2,1-2H3. The highest BCUT2D eigenvalue weighted by atomic mass is 16.5. The van der Waals surface area contributed by atoms with E-state index in [1.807, 2.05) is 0 Å². The van der Waals surface area contributed by atoms with Gasteiger partial charge in [-0.2, -0.15) is 0 Å². The van der Waals surface area contributed by atoms with Gasteiger partial charge < -0.3 is 4.74 Å². The summed E-state index contributed by atoms with van der Waals surface area (Å²) in [5.74, 6) is 0.551. The lowest BCUT2D eigenvalue weighted by atomic mass is 9.85. The van der Waals surface area contributed by atoms with E-state index in [9.17, 15) is 0 Å². The number of hydrogen-bond donors (Lipinski definition) is 0. The molecule has 1 fully saturated rings. The van der Waals surface area contributed by atoms with E-state index in [2.05, 4.69) is 79.4 Å². The Bertz CT molecular complexity index is 750. The summed E-state index contributed by atoms with van der Waals surface area (Å²) in [4.78, 5) is 2.63. The van der Waals surface area contributed by atoms with E-state index >= 15 is 0 Å². The number of nitrogens with zero attached hydrogens (tertiary/aromatic N) is 1. The second-order valence-corrected chi connectivity index (χ2v) is 7.55. The van der Waals surface area contributed by atoms with Crippen LogP contribution in [0.15, 0.2) is 60.7 Å². The van der Waals surface area contributed by atoms with Gasteiger partial charge in [0.05, 0.1) is 19.3 Å². The minimum atomic E-state index is 0.378. The van der Waals surface area contributed by atoms with E-state index in [1.54, 1.807) is 0 Å². The van der Waals surface area contributed by atoms with Gasteiger partial charge >= 0.3 is 0 Å². The number of hydrogen-bond acceptors (Lipinski definition) is 2. The summed E-state index contributed by atoms with van der Waals surface area (Å²) >= 11 is 0. The average molecular weight is 333 g/mol. The third-order valence-electron chi connectivity index (χ3n) is 5.48. The maximum Gasteiger partial charge on any atom is 0.0658 e. The number of morpholine rings is 1. The molecular weight excluding hydrogens is 306 g/mol. The van der Waals surface area contributed by atoms with Gasteiger partial charge in [0.15, 0.2) is 0 Å². The molecule has 0 N–H and O–H groups in total. The Labute approximate surface area is 151 Å². The molecule has 0 amide bonds. The molecule has 2 aromatic rings. The van der Waals surface area contributed by atoms with Crippen molar-refractivity contribution in [3.8, 4) is 0 Å². The number of ether oxygens (including phenoxy) is 1. The summed E-state index contributed by atoms with van der Waals surface area (Å²) in [6.45, 7) is 7.22. The molecule has 4 rings (SSSR count). The predicted octanol–water partition coefficient (Wildman–Crippen LogP) is 4.87. The van der Waals surface area contributed by atoms with Crippen molar-refractivity contribution < 1.29 is 4.74 Å². The van der Waals surface area contributed by atoms with Gasteiger partial charge in [0.1, 0.15) is 0 Å². The first kappa shape index (κ1) is 16.6. The number of fused-ring (bicyclic) bond motifs is 2. The molecule has 0 aliphatic carbocycles. The lowest BCUT2D eigenvalue weighted by molar-refractivity contribution is -0.0402.